The molecule has 1 amide bonds. The zero-order chi connectivity index (χ0) is 10.6. The number of aliphatic hydroxyl groups is 1. The highest BCUT2D eigenvalue weighted by atomic mass is 16.5. The molecule has 4 nitrogen and oxygen atoms in total. The molecular weight excluding hydrogens is 182 g/mol. The summed E-state index contributed by atoms with van der Waals surface area (Å²) in [7, 11) is 1.52. The van der Waals surface area contributed by atoms with Crippen LogP contribution in [0.2, 0.25) is 0 Å². The average molecular weight is 201 g/mol. The Kier molecular flexibility index (Phi) is 4.35. The van der Waals surface area contributed by atoms with Crippen molar-refractivity contribution in [2.45, 2.75) is 50.9 Å². The summed E-state index contributed by atoms with van der Waals surface area (Å²) in [6.45, 7) is 1.73. The van der Waals surface area contributed by atoms with Crippen molar-refractivity contribution in [3.63, 3.8) is 0 Å². The predicted octanol–water partition coefficient (Wildman–Crippen LogP) is 0.441. The number of hydrogen-bond donors (Lipinski definition) is 2. The molecule has 0 bridgehead atoms. The van der Waals surface area contributed by atoms with Gasteiger partial charge >= 0.3 is 0 Å². The van der Waals surface area contributed by atoms with Gasteiger partial charge in [0, 0.05) is 13.2 Å². The molecule has 14 heavy (non-hydrogen) atoms. The second-order valence-electron chi connectivity index (χ2n) is 3.89. The van der Waals surface area contributed by atoms with Crippen molar-refractivity contribution in [1.82, 2.24) is 5.32 Å². The van der Waals surface area contributed by atoms with Gasteiger partial charge in [0.05, 0.1) is 6.10 Å². The van der Waals surface area contributed by atoms with Crippen LogP contribution in [0.3, 0.4) is 0 Å². The molecule has 0 aromatic heterocycles. The van der Waals surface area contributed by atoms with E-state index >= 15 is 0 Å². The third-order valence-corrected chi connectivity index (χ3v) is 2.77. The van der Waals surface area contributed by atoms with Crippen LogP contribution >= 0.6 is 0 Å². The predicted molar refractivity (Wildman–Crippen MR) is 52.9 cm³/mol. The monoisotopic (exact) mass is 201 g/mol. The van der Waals surface area contributed by atoms with E-state index in [-0.39, 0.29) is 24.2 Å². The van der Waals surface area contributed by atoms with E-state index in [1.807, 2.05) is 0 Å². The van der Waals surface area contributed by atoms with Crippen molar-refractivity contribution in [3.8, 4) is 0 Å². The minimum atomic E-state index is -0.387. The van der Waals surface area contributed by atoms with Crippen molar-refractivity contribution < 1.29 is 14.6 Å². The summed E-state index contributed by atoms with van der Waals surface area (Å²) in [5.74, 6) is -0.0612. The SMILES string of the molecule is COC(C)C(=O)NC1CCC(O)CC1. The van der Waals surface area contributed by atoms with Crippen molar-refractivity contribution in [2.24, 2.45) is 0 Å². The maximum Gasteiger partial charge on any atom is 0.249 e. The lowest BCUT2D eigenvalue weighted by Crippen LogP contribution is -2.43. The van der Waals surface area contributed by atoms with E-state index in [4.69, 9.17) is 4.74 Å². The highest BCUT2D eigenvalue weighted by molar-refractivity contribution is 5.80. The van der Waals surface area contributed by atoms with E-state index in [1.54, 1.807) is 6.92 Å². The van der Waals surface area contributed by atoms with E-state index in [9.17, 15) is 9.90 Å². The fourth-order valence-electron chi connectivity index (χ4n) is 1.65. The Bertz CT molecular complexity index is 188. The number of carbonyl (C=O) groups excluding carboxylic acids is 1. The fourth-order valence-corrected chi connectivity index (χ4v) is 1.65. The lowest BCUT2D eigenvalue weighted by molar-refractivity contribution is -0.131. The zero-order valence-corrected chi connectivity index (χ0v) is 8.82. The van der Waals surface area contributed by atoms with E-state index in [2.05, 4.69) is 5.32 Å². The number of nitrogens with one attached hydrogen (secondary N) is 1. The van der Waals surface area contributed by atoms with Gasteiger partial charge in [-0.05, 0) is 32.6 Å². The number of carbonyl (C=O) groups is 1. The molecule has 2 N–H and O–H groups in total. The number of aliphatic hydroxyl groups excluding tert-OH is 1. The normalized spacial score (nSPS) is 29.6. The number of amides is 1. The van der Waals surface area contributed by atoms with Crippen LogP contribution in [0, 0.1) is 0 Å². The van der Waals surface area contributed by atoms with Crippen LogP contribution in [0.1, 0.15) is 32.6 Å². The second kappa shape index (κ2) is 5.32. The standard InChI is InChI=1S/C10H19NO3/c1-7(14-2)10(13)11-8-3-5-9(12)6-4-8/h7-9,12H,3-6H2,1-2H3,(H,11,13). The summed E-state index contributed by atoms with van der Waals surface area (Å²) in [5.41, 5.74) is 0. The van der Waals surface area contributed by atoms with Gasteiger partial charge < -0.3 is 15.2 Å². The molecule has 4 heteroatoms. The number of hydrogen-bond acceptors (Lipinski definition) is 3. The lowest BCUT2D eigenvalue weighted by Gasteiger charge is -2.27. The van der Waals surface area contributed by atoms with Crippen LogP contribution in [0.5, 0.6) is 0 Å². The number of ether oxygens (including phenoxy) is 1. The molecule has 1 atom stereocenters. The van der Waals surface area contributed by atoms with Gasteiger partial charge in [-0.15, -0.1) is 0 Å². The molecular formula is C10H19NO3. The third-order valence-electron chi connectivity index (χ3n) is 2.77. The highest BCUT2D eigenvalue weighted by Gasteiger charge is 2.22. The van der Waals surface area contributed by atoms with Crippen LogP contribution in [0.25, 0.3) is 0 Å². The second-order valence-corrected chi connectivity index (χ2v) is 3.89. The van der Waals surface area contributed by atoms with Crippen LogP contribution in [-0.4, -0.2) is 36.4 Å². The van der Waals surface area contributed by atoms with Gasteiger partial charge in [0.1, 0.15) is 6.10 Å². The first-order valence-electron chi connectivity index (χ1n) is 5.14. The molecule has 0 radical (unpaired) electrons. The van der Waals surface area contributed by atoms with Crippen LogP contribution in [0.15, 0.2) is 0 Å². The topological polar surface area (TPSA) is 58.6 Å². The van der Waals surface area contributed by atoms with Gasteiger partial charge in [0.15, 0.2) is 0 Å². The third kappa shape index (κ3) is 3.27. The summed E-state index contributed by atoms with van der Waals surface area (Å²) in [6, 6.07) is 0.212. The molecule has 1 fully saturated rings. The Hall–Kier alpha value is -0.610. The Morgan fingerprint density at radius 2 is 2.00 bits per heavy atom. The van der Waals surface area contributed by atoms with E-state index in [1.165, 1.54) is 7.11 Å². The Morgan fingerprint density at radius 3 is 2.50 bits per heavy atom. The molecule has 1 aliphatic rings. The highest BCUT2D eigenvalue weighted by Crippen LogP contribution is 2.18. The Balaban J connectivity index is 2.27. The smallest absolute Gasteiger partial charge is 0.249 e. The first-order valence-corrected chi connectivity index (χ1v) is 5.14. The van der Waals surface area contributed by atoms with E-state index in [0.717, 1.165) is 25.7 Å². The molecule has 1 saturated carbocycles. The van der Waals surface area contributed by atoms with Gasteiger partial charge in [-0.3, -0.25) is 4.79 Å². The Labute approximate surface area is 84.6 Å². The van der Waals surface area contributed by atoms with Crippen molar-refractivity contribution in [3.05, 3.63) is 0 Å². The van der Waals surface area contributed by atoms with Crippen molar-refractivity contribution >= 4 is 5.91 Å². The molecule has 0 aromatic carbocycles. The minimum Gasteiger partial charge on any atom is -0.393 e. The van der Waals surface area contributed by atoms with Crippen LogP contribution in [-0.2, 0) is 9.53 Å². The van der Waals surface area contributed by atoms with Gasteiger partial charge in [-0.2, -0.15) is 0 Å². The average Bonchev–Trinajstić information content (AvgIpc) is 2.20. The molecule has 0 aliphatic heterocycles. The Morgan fingerprint density at radius 1 is 1.43 bits per heavy atom. The molecule has 0 aromatic rings. The molecule has 1 unspecified atom stereocenters. The molecule has 0 spiro atoms. The first-order chi connectivity index (χ1) is 6.63. The maximum atomic E-state index is 11.4. The summed E-state index contributed by atoms with van der Waals surface area (Å²) < 4.78 is 4.91. The lowest BCUT2D eigenvalue weighted by atomic mass is 9.93. The molecule has 1 aliphatic carbocycles. The number of methoxy groups -OCH3 is 1. The van der Waals surface area contributed by atoms with Crippen molar-refractivity contribution in [2.75, 3.05) is 7.11 Å². The van der Waals surface area contributed by atoms with Crippen molar-refractivity contribution in [1.29, 1.82) is 0 Å². The van der Waals surface area contributed by atoms with Crippen LogP contribution in [0.4, 0.5) is 0 Å². The van der Waals surface area contributed by atoms with Gasteiger partial charge in [-0.1, -0.05) is 0 Å². The summed E-state index contributed by atoms with van der Waals surface area (Å²) in [6.07, 6.45) is 2.73. The quantitative estimate of drug-likeness (QED) is 0.696. The molecule has 0 heterocycles. The largest absolute Gasteiger partial charge is 0.393 e. The molecule has 82 valence electrons. The first kappa shape index (κ1) is 11.5. The van der Waals surface area contributed by atoms with Gasteiger partial charge in [-0.25, -0.2) is 0 Å². The van der Waals surface area contributed by atoms with E-state index in [0.29, 0.717) is 0 Å². The number of rotatable bonds is 3. The summed E-state index contributed by atoms with van der Waals surface area (Å²) in [4.78, 5) is 11.4. The molecule has 1 rings (SSSR count). The van der Waals surface area contributed by atoms with E-state index < -0.39 is 0 Å². The fraction of sp³-hybridized carbons (Fsp3) is 0.900. The van der Waals surface area contributed by atoms with Gasteiger partial charge in [0.25, 0.3) is 0 Å². The maximum absolute atomic E-state index is 11.4. The minimum absolute atomic E-state index is 0.0612. The zero-order valence-electron chi connectivity index (χ0n) is 8.82. The summed E-state index contributed by atoms with van der Waals surface area (Å²) in [5, 5.41) is 12.2. The van der Waals surface area contributed by atoms with Crippen LogP contribution < -0.4 is 5.32 Å². The molecule has 0 saturated heterocycles. The van der Waals surface area contributed by atoms with Gasteiger partial charge in [0.2, 0.25) is 5.91 Å². The summed E-state index contributed by atoms with van der Waals surface area (Å²) >= 11 is 0.